The van der Waals surface area contributed by atoms with E-state index < -0.39 is 11.4 Å². The third-order valence-corrected chi connectivity index (χ3v) is 8.86. The maximum Gasteiger partial charge on any atom is 0.324 e. The van der Waals surface area contributed by atoms with Crippen molar-refractivity contribution >= 4 is 39.9 Å². The van der Waals surface area contributed by atoms with E-state index in [2.05, 4.69) is 50.6 Å². The molecular weight excluding hydrogens is 647 g/mol. The Bertz CT molecular complexity index is 2300. The molecule has 0 spiro atoms. The lowest BCUT2D eigenvalue weighted by Crippen LogP contribution is -2.21. The molecule has 9 nitrogen and oxygen atoms in total. The molecule has 9 heteroatoms. The second-order valence-electron chi connectivity index (χ2n) is 13.0. The number of terminal acetylenes is 1. The smallest absolute Gasteiger partial charge is 0.324 e. The van der Waals surface area contributed by atoms with E-state index in [0.29, 0.717) is 34.8 Å². The number of nitrogens with one attached hydrogen (secondary N) is 3. The van der Waals surface area contributed by atoms with E-state index in [0.717, 1.165) is 47.0 Å². The van der Waals surface area contributed by atoms with E-state index in [-0.39, 0.29) is 0 Å². The summed E-state index contributed by atoms with van der Waals surface area (Å²) in [5, 5.41) is 15.7. The summed E-state index contributed by atoms with van der Waals surface area (Å²) in [6.07, 6.45) is 10.4. The highest BCUT2D eigenvalue weighted by atomic mass is 16.5. The highest BCUT2D eigenvalue weighted by Gasteiger charge is 2.24. The Kier molecular flexibility index (Phi) is 10.4. The molecule has 0 bridgehead atoms. The number of amides is 2. The Morgan fingerprint density at radius 1 is 0.923 bits per heavy atom. The number of rotatable bonds is 8. The van der Waals surface area contributed by atoms with Crippen molar-refractivity contribution in [1.82, 2.24) is 19.7 Å². The molecule has 0 aliphatic heterocycles. The van der Waals surface area contributed by atoms with Crippen molar-refractivity contribution in [2.45, 2.75) is 59.3 Å². The first-order valence-corrected chi connectivity index (χ1v) is 17.5. The lowest BCUT2D eigenvalue weighted by Gasteiger charge is -2.19. The predicted octanol–water partition coefficient (Wildman–Crippen LogP) is 10.3. The van der Waals surface area contributed by atoms with Crippen LogP contribution in [0.2, 0.25) is 0 Å². The van der Waals surface area contributed by atoms with Gasteiger partial charge >= 0.3 is 6.03 Å². The molecule has 6 aromatic rings. The fourth-order valence-corrected chi connectivity index (χ4v) is 5.95. The molecule has 262 valence electrons. The highest BCUT2D eigenvalue weighted by molar-refractivity contribution is 6.07. The average Bonchev–Trinajstić information content (AvgIpc) is 3.58. The summed E-state index contributed by atoms with van der Waals surface area (Å²) in [6, 6.07) is 28.6. The quantitative estimate of drug-likeness (QED) is 0.109. The number of benzene rings is 4. The van der Waals surface area contributed by atoms with Crippen LogP contribution in [0.4, 0.5) is 27.9 Å². The van der Waals surface area contributed by atoms with E-state index in [4.69, 9.17) is 16.3 Å². The molecule has 1 aliphatic carbocycles. The van der Waals surface area contributed by atoms with E-state index in [1.54, 1.807) is 16.9 Å². The molecule has 2 amide bonds. The van der Waals surface area contributed by atoms with Crippen molar-refractivity contribution in [1.29, 1.82) is 0 Å². The number of carbonyl (C=O) groups excluding carboxylic acids is 1. The van der Waals surface area contributed by atoms with Crippen LogP contribution in [0.15, 0.2) is 109 Å². The third-order valence-electron chi connectivity index (χ3n) is 8.86. The average molecular weight is 690 g/mol. The first-order chi connectivity index (χ1) is 25.1. The fourth-order valence-electron chi connectivity index (χ4n) is 5.95. The van der Waals surface area contributed by atoms with Crippen molar-refractivity contribution < 1.29 is 9.53 Å². The van der Waals surface area contributed by atoms with Crippen LogP contribution >= 0.6 is 0 Å². The van der Waals surface area contributed by atoms with Crippen LogP contribution in [0.25, 0.3) is 16.5 Å². The van der Waals surface area contributed by atoms with Crippen LogP contribution in [0.1, 0.15) is 56.5 Å². The number of aryl methyl sites for hydroxylation is 2. The standard InChI is InChI=1S/C41H37N7O2.C2H6/c1-6-41(4,5)36-25-37(48(47-36)31-17-12-26(2)13-18-31)45-40(49)44-34-19-20-35(33-10-8-7-9-32(33)34)50-38-21-22-42-39(46-38)43-30-16-15-28-23-27(3)11-14-29(28)24-30;1-2/h1,7-10,12-13,15-22,24-25H,3,11,14,23H2,2,4-5H3,(H,42,43,46)(H2,44,45,49);1-2H3. The van der Waals surface area contributed by atoms with Gasteiger partial charge in [-0.15, -0.1) is 6.42 Å². The molecule has 0 atom stereocenters. The van der Waals surface area contributed by atoms with Crippen molar-refractivity contribution in [3.05, 3.63) is 132 Å². The minimum absolute atomic E-state index is 0.385. The normalized spacial score (nSPS) is 12.2. The molecule has 2 heterocycles. The summed E-state index contributed by atoms with van der Waals surface area (Å²) in [4.78, 5) is 22.5. The van der Waals surface area contributed by atoms with Crippen molar-refractivity contribution in [2.75, 3.05) is 16.0 Å². The number of aromatic nitrogens is 4. The molecule has 0 saturated carbocycles. The lowest BCUT2D eigenvalue weighted by atomic mass is 9.88. The van der Waals surface area contributed by atoms with Gasteiger partial charge in [0.05, 0.1) is 22.5 Å². The van der Waals surface area contributed by atoms with Crippen molar-refractivity contribution in [2.24, 2.45) is 0 Å². The molecule has 2 aromatic heterocycles. The van der Waals surface area contributed by atoms with E-state index >= 15 is 0 Å². The third kappa shape index (κ3) is 7.82. The van der Waals surface area contributed by atoms with Gasteiger partial charge < -0.3 is 15.4 Å². The van der Waals surface area contributed by atoms with Gasteiger partial charge in [0.15, 0.2) is 0 Å². The first-order valence-electron chi connectivity index (χ1n) is 17.5. The van der Waals surface area contributed by atoms with Crippen LogP contribution < -0.4 is 20.7 Å². The zero-order valence-corrected chi connectivity index (χ0v) is 30.2. The topological polar surface area (TPSA) is 106 Å². The number of carbonyl (C=O) groups is 1. The van der Waals surface area contributed by atoms with E-state index in [9.17, 15) is 4.79 Å². The summed E-state index contributed by atoms with van der Waals surface area (Å²) >= 11 is 0. The van der Waals surface area contributed by atoms with E-state index in [1.807, 2.05) is 107 Å². The van der Waals surface area contributed by atoms with Crippen LogP contribution in [-0.4, -0.2) is 25.8 Å². The molecule has 7 rings (SSSR count). The number of allylic oxidation sites excluding steroid dienone is 1. The molecule has 0 fully saturated rings. The monoisotopic (exact) mass is 689 g/mol. The summed E-state index contributed by atoms with van der Waals surface area (Å²) in [6.45, 7) is 14.0. The highest BCUT2D eigenvalue weighted by Crippen LogP contribution is 2.35. The summed E-state index contributed by atoms with van der Waals surface area (Å²) in [5.74, 6) is 4.68. The minimum atomic E-state index is -0.632. The number of fused-ring (bicyclic) bond motifs is 2. The predicted molar refractivity (Wildman–Crippen MR) is 211 cm³/mol. The number of ether oxygens (including phenoxy) is 1. The number of anilines is 4. The Labute approximate surface area is 305 Å². The summed E-state index contributed by atoms with van der Waals surface area (Å²) in [5.41, 5.74) is 7.39. The van der Waals surface area contributed by atoms with Gasteiger partial charge in [0.1, 0.15) is 11.6 Å². The molecular formula is C43H43N7O2. The number of nitrogens with zero attached hydrogens (tertiary/aromatic N) is 4. The summed E-state index contributed by atoms with van der Waals surface area (Å²) < 4.78 is 7.98. The van der Waals surface area contributed by atoms with Crippen molar-refractivity contribution in [3.8, 4) is 29.7 Å². The van der Waals surface area contributed by atoms with Gasteiger partial charge in [-0.05, 0) is 87.6 Å². The Morgan fingerprint density at radius 3 is 2.46 bits per heavy atom. The molecule has 0 unspecified atom stereocenters. The van der Waals surface area contributed by atoms with Crippen LogP contribution in [0.5, 0.6) is 11.6 Å². The van der Waals surface area contributed by atoms with Gasteiger partial charge in [-0.2, -0.15) is 10.1 Å². The Hall–Kier alpha value is -6.40. The molecule has 3 N–H and O–H groups in total. The van der Waals surface area contributed by atoms with Crippen molar-refractivity contribution in [3.63, 3.8) is 0 Å². The summed E-state index contributed by atoms with van der Waals surface area (Å²) in [7, 11) is 0. The van der Waals surface area contributed by atoms with Gasteiger partial charge in [0.25, 0.3) is 0 Å². The zero-order chi connectivity index (χ0) is 36.8. The largest absolute Gasteiger partial charge is 0.438 e. The molecule has 0 saturated heterocycles. The SMILES string of the molecule is C#CC(C)(C)c1cc(NC(=O)Nc2ccc(Oc3ccnc(Nc4ccc5c(c4)CCC(=C)C5)n3)c3ccccc23)n(-c2ccc(C)cc2)n1.CC. The van der Waals surface area contributed by atoms with Crippen LogP contribution in [0.3, 0.4) is 0 Å². The second-order valence-corrected chi connectivity index (χ2v) is 13.0. The Morgan fingerprint density at radius 2 is 1.69 bits per heavy atom. The van der Waals surface area contributed by atoms with Gasteiger partial charge in [-0.3, -0.25) is 5.32 Å². The first kappa shape index (κ1) is 35.4. The second kappa shape index (κ2) is 15.2. The van der Waals surface area contributed by atoms with Gasteiger partial charge in [0, 0.05) is 34.8 Å². The number of hydrogen-bond donors (Lipinski definition) is 3. The molecule has 4 aromatic carbocycles. The van der Waals surface area contributed by atoms with Crippen LogP contribution in [-0.2, 0) is 18.3 Å². The molecule has 1 aliphatic rings. The van der Waals surface area contributed by atoms with Crippen LogP contribution in [0, 0.1) is 19.3 Å². The van der Waals surface area contributed by atoms with E-state index in [1.165, 1.54) is 16.7 Å². The van der Waals surface area contributed by atoms with Gasteiger partial charge in [-0.1, -0.05) is 79.9 Å². The maximum absolute atomic E-state index is 13.5. The minimum Gasteiger partial charge on any atom is -0.438 e. The number of hydrogen-bond acceptors (Lipinski definition) is 6. The zero-order valence-electron chi connectivity index (χ0n) is 30.2. The number of urea groups is 1. The maximum atomic E-state index is 13.5. The lowest BCUT2D eigenvalue weighted by molar-refractivity contribution is 0.262. The Balaban J connectivity index is 0.00000228. The van der Waals surface area contributed by atoms with Gasteiger partial charge in [-0.25, -0.2) is 14.5 Å². The fraction of sp³-hybridized carbons (Fsp3) is 0.209. The molecule has 52 heavy (non-hydrogen) atoms. The van der Waals surface area contributed by atoms with Gasteiger partial charge in [0.2, 0.25) is 11.8 Å². The molecule has 0 radical (unpaired) electrons.